The second kappa shape index (κ2) is 8.01. The Morgan fingerprint density at radius 2 is 2.35 bits per heavy atom. The van der Waals surface area contributed by atoms with Gasteiger partial charge in [-0.15, -0.1) is 0 Å². The minimum atomic E-state index is 0.227. The van der Waals surface area contributed by atoms with Crippen molar-refractivity contribution in [2.75, 3.05) is 13.2 Å². The molecule has 0 aliphatic carbocycles. The van der Waals surface area contributed by atoms with Gasteiger partial charge in [-0.05, 0) is 38.6 Å². The molecule has 1 fully saturated rings. The van der Waals surface area contributed by atoms with E-state index in [9.17, 15) is 0 Å². The van der Waals surface area contributed by atoms with E-state index in [1.807, 2.05) is 4.68 Å². The van der Waals surface area contributed by atoms with Gasteiger partial charge in [0.2, 0.25) is 0 Å². The van der Waals surface area contributed by atoms with Crippen molar-refractivity contribution in [1.29, 1.82) is 0 Å². The monoisotopic (exact) mass is 299 g/mol. The van der Waals surface area contributed by atoms with Crippen molar-refractivity contribution in [3.8, 4) is 0 Å². The number of hydrogen-bond acceptors (Lipinski definition) is 3. The standard InChI is InChI=1S/C15H26ClN3O/c1-3-8-19-15(13(16)11-18-19)14(17-4-2)10-12-7-5-6-9-20-12/h11-12,14,17H,3-10H2,1-2H3. The van der Waals surface area contributed by atoms with Crippen molar-refractivity contribution < 1.29 is 4.74 Å². The molecule has 1 aromatic rings. The van der Waals surface area contributed by atoms with Crippen molar-refractivity contribution in [2.45, 2.75) is 64.6 Å². The van der Waals surface area contributed by atoms with Crippen molar-refractivity contribution in [3.05, 3.63) is 16.9 Å². The van der Waals surface area contributed by atoms with E-state index in [4.69, 9.17) is 16.3 Å². The average Bonchev–Trinajstić information content (AvgIpc) is 2.81. The number of rotatable bonds is 7. The fourth-order valence-corrected chi connectivity index (χ4v) is 3.18. The number of ether oxygens (including phenoxy) is 1. The second-order valence-corrected chi connectivity index (χ2v) is 5.84. The Kier molecular flexibility index (Phi) is 6.33. The molecule has 2 atom stereocenters. The summed E-state index contributed by atoms with van der Waals surface area (Å²) in [6.07, 6.45) is 7.75. The molecule has 0 spiro atoms. The van der Waals surface area contributed by atoms with Crippen LogP contribution in [0, 0.1) is 0 Å². The summed E-state index contributed by atoms with van der Waals surface area (Å²) < 4.78 is 7.92. The third-order valence-electron chi connectivity index (χ3n) is 3.82. The van der Waals surface area contributed by atoms with Gasteiger partial charge in [-0.3, -0.25) is 4.68 Å². The van der Waals surface area contributed by atoms with Crippen LogP contribution in [0.5, 0.6) is 0 Å². The lowest BCUT2D eigenvalue weighted by atomic mass is 9.99. The third kappa shape index (κ3) is 3.96. The fourth-order valence-electron chi connectivity index (χ4n) is 2.90. The zero-order valence-corrected chi connectivity index (χ0v) is 13.3. The van der Waals surface area contributed by atoms with Gasteiger partial charge in [-0.25, -0.2) is 0 Å². The first kappa shape index (κ1) is 15.8. The maximum Gasteiger partial charge on any atom is 0.0834 e. The van der Waals surface area contributed by atoms with E-state index in [-0.39, 0.29) is 6.04 Å². The Morgan fingerprint density at radius 3 is 3.00 bits per heavy atom. The molecule has 2 unspecified atom stereocenters. The largest absolute Gasteiger partial charge is 0.378 e. The first-order chi connectivity index (χ1) is 9.76. The summed E-state index contributed by atoms with van der Waals surface area (Å²) in [5, 5.41) is 8.72. The minimum Gasteiger partial charge on any atom is -0.378 e. The van der Waals surface area contributed by atoms with E-state index in [0.717, 1.165) is 49.7 Å². The van der Waals surface area contributed by atoms with Gasteiger partial charge in [0.25, 0.3) is 0 Å². The van der Waals surface area contributed by atoms with Crippen LogP contribution in [-0.4, -0.2) is 29.0 Å². The molecule has 20 heavy (non-hydrogen) atoms. The number of aromatic nitrogens is 2. The van der Waals surface area contributed by atoms with Gasteiger partial charge in [0.1, 0.15) is 0 Å². The van der Waals surface area contributed by atoms with Gasteiger partial charge < -0.3 is 10.1 Å². The summed E-state index contributed by atoms with van der Waals surface area (Å²) in [6.45, 7) is 7.01. The SMILES string of the molecule is CCCn1ncc(Cl)c1C(CC1CCCCO1)NCC. The summed E-state index contributed by atoms with van der Waals surface area (Å²) in [5.74, 6) is 0. The van der Waals surface area contributed by atoms with Crippen LogP contribution in [0.2, 0.25) is 5.02 Å². The van der Waals surface area contributed by atoms with Crippen LogP contribution in [0.25, 0.3) is 0 Å². The molecule has 0 radical (unpaired) electrons. The summed E-state index contributed by atoms with van der Waals surface area (Å²) in [7, 11) is 0. The van der Waals surface area contributed by atoms with E-state index >= 15 is 0 Å². The predicted molar refractivity (Wildman–Crippen MR) is 82.2 cm³/mol. The van der Waals surface area contributed by atoms with Crippen LogP contribution in [0.15, 0.2) is 6.20 Å². The lowest BCUT2D eigenvalue weighted by Gasteiger charge is -2.28. The predicted octanol–water partition coefficient (Wildman–Crippen LogP) is 3.56. The maximum absolute atomic E-state index is 6.36. The van der Waals surface area contributed by atoms with Crippen LogP contribution in [0.3, 0.4) is 0 Å². The highest BCUT2D eigenvalue weighted by molar-refractivity contribution is 6.31. The molecule has 0 amide bonds. The quantitative estimate of drug-likeness (QED) is 0.837. The van der Waals surface area contributed by atoms with Crippen LogP contribution >= 0.6 is 11.6 Å². The lowest BCUT2D eigenvalue weighted by Crippen LogP contribution is -2.30. The smallest absolute Gasteiger partial charge is 0.0834 e. The highest BCUT2D eigenvalue weighted by atomic mass is 35.5. The maximum atomic E-state index is 6.36. The molecule has 1 N–H and O–H groups in total. The van der Waals surface area contributed by atoms with E-state index in [1.54, 1.807) is 6.20 Å². The van der Waals surface area contributed by atoms with Gasteiger partial charge in [0.05, 0.1) is 29.1 Å². The summed E-state index contributed by atoms with van der Waals surface area (Å²) >= 11 is 6.36. The Hall–Kier alpha value is -0.580. The molecular weight excluding hydrogens is 274 g/mol. The Morgan fingerprint density at radius 1 is 1.50 bits per heavy atom. The number of halogens is 1. The molecule has 0 aromatic carbocycles. The highest BCUT2D eigenvalue weighted by Gasteiger charge is 2.24. The first-order valence-electron chi connectivity index (χ1n) is 7.82. The van der Waals surface area contributed by atoms with Gasteiger partial charge in [0.15, 0.2) is 0 Å². The van der Waals surface area contributed by atoms with Gasteiger partial charge in [-0.2, -0.15) is 5.10 Å². The molecule has 0 saturated carbocycles. The molecule has 114 valence electrons. The molecule has 2 rings (SSSR count). The average molecular weight is 300 g/mol. The zero-order valence-electron chi connectivity index (χ0n) is 12.6. The molecular formula is C15H26ClN3O. The summed E-state index contributed by atoms with van der Waals surface area (Å²) in [5.41, 5.74) is 1.12. The van der Waals surface area contributed by atoms with Crippen molar-refractivity contribution in [2.24, 2.45) is 0 Å². The first-order valence-corrected chi connectivity index (χ1v) is 8.20. The Balaban J connectivity index is 2.12. The number of aryl methyl sites for hydroxylation is 1. The van der Waals surface area contributed by atoms with Crippen LogP contribution in [0.1, 0.15) is 57.7 Å². The third-order valence-corrected chi connectivity index (χ3v) is 4.11. The fraction of sp³-hybridized carbons (Fsp3) is 0.800. The zero-order chi connectivity index (χ0) is 14.4. The van der Waals surface area contributed by atoms with Crippen LogP contribution < -0.4 is 5.32 Å². The second-order valence-electron chi connectivity index (χ2n) is 5.44. The molecule has 1 aliphatic rings. The Bertz CT molecular complexity index is 402. The molecule has 1 aromatic heterocycles. The van der Waals surface area contributed by atoms with Gasteiger partial charge >= 0.3 is 0 Å². The number of hydrogen-bond donors (Lipinski definition) is 1. The van der Waals surface area contributed by atoms with Crippen molar-refractivity contribution >= 4 is 11.6 Å². The van der Waals surface area contributed by atoms with Crippen molar-refractivity contribution in [3.63, 3.8) is 0 Å². The topological polar surface area (TPSA) is 39.1 Å². The number of nitrogens with one attached hydrogen (secondary N) is 1. The normalized spacial score (nSPS) is 21.1. The summed E-state index contributed by atoms with van der Waals surface area (Å²) in [4.78, 5) is 0. The van der Waals surface area contributed by atoms with E-state index < -0.39 is 0 Å². The molecule has 1 aliphatic heterocycles. The van der Waals surface area contributed by atoms with Crippen LogP contribution in [0.4, 0.5) is 0 Å². The Labute approximate surface area is 126 Å². The van der Waals surface area contributed by atoms with E-state index in [1.165, 1.54) is 12.8 Å². The van der Waals surface area contributed by atoms with Crippen LogP contribution in [-0.2, 0) is 11.3 Å². The van der Waals surface area contributed by atoms with Gasteiger partial charge in [-0.1, -0.05) is 25.4 Å². The van der Waals surface area contributed by atoms with Crippen molar-refractivity contribution in [1.82, 2.24) is 15.1 Å². The molecule has 2 heterocycles. The molecule has 0 bridgehead atoms. The molecule has 5 heteroatoms. The highest BCUT2D eigenvalue weighted by Crippen LogP contribution is 2.29. The van der Waals surface area contributed by atoms with Gasteiger partial charge in [0, 0.05) is 13.2 Å². The minimum absolute atomic E-state index is 0.227. The van der Waals surface area contributed by atoms with E-state index in [2.05, 4.69) is 24.3 Å². The molecule has 4 nitrogen and oxygen atoms in total. The lowest BCUT2D eigenvalue weighted by molar-refractivity contribution is 0.00462. The molecule has 1 saturated heterocycles. The van der Waals surface area contributed by atoms with E-state index in [0.29, 0.717) is 6.10 Å². The summed E-state index contributed by atoms with van der Waals surface area (Å²) in [6, 6.07) is 0.227. The number of nitrogens with zero attached hydrogens (tertiary/aromatic N) is 2.